The van der Waals surface area contributed by atoms with E-state index in [-0.39, 0.29) is 5.56 Å². The minimum Gasteiger partial charge on any atom is -0.386 e. The molecule has 0 saturated carbocycles. The molecule has 1 amide bonds. The van der Waals surface area contributed by atoms with Gasteiger partial charge in [-0.3, -0.25) is 4.79 Å². The van der Waals surface area contributed by atoms with Crippen molar-refractivity contribution in [3.63, 3.8) is 0 Å². The predicted molar refractivity (Wildman–Crippen MR) is 117 cm³/mol. The Morgan fingerprint density at radius 2 is 1.97 bits per heavy atom. The summed E-state index contributed by atoms with van der Waals surface area (Å²) in [6.45, 7) is 4.29. The van der Waals surface area contributed by atoms with E-state index in [0.29, 0.717) is 47.4 Å². The second-order valence-electron chi connectivity index (χ2n) is 8.37. The smallest absolute Gasteiger partial charge is 0.386 e. The first-order valence-corrected chi connectivity index (χ1v) is 10.2. The van der Waals surface area contributed by atoms with Crippen molar-refractivity contribution in [2.24, 2.45) is 0 Å². The first-order chi connectivity index (χ1) is 16.0. The van der Waals surface area contributed by atoms with Crippen LogP contribution >= 0.6 is 0 Å². The van der Waals surface area contributed by atoms with Crippen LogP contribution in [0.25, 0.3) is 11.1 Å². The molecule has 11 heteroatoms. The Balaban J connectivity index is 1.59. The molecule has 3 aromatic rings. The number of carbonyl (C=O) groups excluding carboxylic acids is 1. The summed E-state index contributed by atoms with van der Waals surface area (Å²) < 4.78 is 38.6. The minimum atomic E-state index is -4.72. The van der Waals surface area contributed by atoms with Gasteiger partial charge in [-0.1, -0.05) is 6.07 Å². The van der Waals surface area contributed by atoms with Gasteiger partial charge < -0.3 is 15.3 Å². The van der Waals surface area contributed by atoms with Gasteiger partial charge in [0.25, 0.3) is 5.91 Å². The zero-order valence-electron chi connectivity index (χ0n) is 18.2. The fourth-order valence-electron chi connectivity index (χ4n) is 3.71. The highest BCUT2D eigenvalue weighted by atomic mass is 19.4. The quantitative estimate of drug-likeness (QED) is 0.602. The number of nitrogens with zero attached hydrogens (tertiary/aromatic N) is 5. The molecule has 1 saturated heterocycles. The van der Waals surface area contributed by atoms with Gasteiger partial charge in [-0.25, -0.2) is 4.98 Å². The van der Waals surface area contributed by atoms with Gasteiger partial charge in [0, 0.05) is 30.5 Å². The van der Waals surface area contributed by atoms with Gasteiger partial charge in [-0.05, 0) is 49.2 Å². The first-order valence-electron chi connectivity index (χ1n) is 10.2. The lowest BCUT2D eigenvalue weighted by molar-refractivity contribution is -0.141. The predicted octanol–water partition coefficient (Wildman–Crippen LogP) is 3.56. The number of anilines is 2. The van der Waals surface area contributed by atoms with Crippen LogP contribution in [0.5, 0.6) is 0 Å². The van der Waals surface area contributed by atoms with E-state index in [9.17, 15) is 28.3 Å². The molecule has 3 heterocycles. The summed E-state index contributed by atoms with van der Waals surface area (Å²) in [6.07, 6.45) is -2.17. The van der Waals surface area contributed by atoms with Gasteiger partial charge in [0.1, 0.15) is 11.9 Å². The van der Waals surface area contributed by atoms with Gasteiger partial charge >= 0.3 is 6.18 Å². The Morgan fingerprint density at radius 1 is 1.24 bits per heavy atom. The molecule has 0 unspecified atom stereocenters. The minimum absolute atomic E-state index is 0.285. The summed E-state index contributed by atoms with van der Waals surface area (Å²) >= 11 is 0. The monoisotopic (exact) mass is 468 g/mol. The first kappa shape index (κ1) is 23.1. The van der Waals surface area contributed by atoms with Crippen molar-refractivity contribution in [2.75, 3.05) is 23.3 Å². The maximum atomic E-state index is 12.9. The van der Waals surface area contributed by atoms with E-state index in [2.05, 4.69) is 26.6 Å². The Morgan fingerprint density at radius 3 is 2.62 bits per heavy atom. The molecule has 1 fully saturated rings. The molecular weight excluding hydrogens is 449 g/mol. The Kier molecular flexibility index (Phi) is 5.70. The number of β-amino-alcohol motifs (C(OH)–C–C–N with tert-alkyl or cyclic N) is 1. The van der Waals surface area contributed by atoms with Crippen LogP contribution in [-0.4, -0.2) is 44.9 Å². The van der Waals surface area contributed by atoms with Crippen LogP contribution in [0.1, 0.15) is 34.1 Å². The van der Waals surface area contributed by atoms with Crippen LogP contribution in [0.15, 0.2) is 42.7 Å². The summed E-state index contributed by atoms with van der Waals surface area (Å²) in [5.74, 6) is -0.295. The Labute approximate surface area is 192 Å². The van der Waals surface area contributed by atoms with Crippen molar-refractivity contribution < 1.29 is 23.1 Å². The average molecular weight is 468 g/mol. The number of aliphatic hydroxyl groups is 1. The molecule has 0 spiro atoms. The van der Waals surface area contributed by atoms with Crippen molar-refractivity contribution in [3.8, 4) is 17.2 Å². The maximum Gasteiger partial charge on any atom is 0.435 e. The fourth-order valence-corrected chi connectivity index (χ4v) is 3.71. The van der Waals surface area contributed by atoms with Crippen LogP contribution in [-0.2, 0) is 6.18 Å². The normalized spacial score (nSPS) is 14.8. The molecule has 2 aromatic heterocycles. The summed E-state index contributed by atoms with van der Waals surface area (Å²) in [6, 6.07) is 9.44. The van der Waals surface area contributed by atoms with Crippen molar-refractivity contribution in [3.05, 3.63) is 65.1 Å². The van der Waals surface area contributed by atoms with E-state index < -0.39 is 23.4 Å². The Bertz CT molecular complexity index is 1310. The molecule has 0 radical (unpaired) electrons. The number of hydrogen-bond donors (Lipinski definition) is 2. The lowest BCUT2D eigenvalue weighted by Crippen LogP contribution is -2.60. The van der Waals surface area contributed by atoms with E-state index in [1.165, 1.54) is 0 Å². The largest absolute Gasteiger partial charge is 0.435 e. The summed E-state index contributed by atoms with van der Waals surface area (Å²) in [7, 11) is 0. The van der Waals surface area contributed by atoms with Gasteiger partial charge in [0.2, 0.25) is 0 Å². The standard InChI is InChI=1S/C23H19F3N6O2/c1-13-3-4-17(30-21(33)16-6-19(23(24,25)26)31-29-10-16)7-18(13)15-5-14(8-27)20(28-9-15)32-11-22(2,34)12-32/h3-7,9-10,34H,11-12H2,1-2H3,(H,30,33). The van der Waals surface area contributed by atoms with Crippen LogP contribution in [0.4, 0.5) is 24.7 Å². The topological polar surface area (TPSA) is 115 Å². The molecule has 2 N–H and O–H groups in total. The lowest BCUT2D eigenvalue weighted by Gasteiger charge is -2.45. The van der Waals surface area contributed by atoms with Crippen LogP contribution in [0.3, 0.4) is 0 Å². The highest BCUT2D eigenvalue weighted by molar-refractivity contribution is 6.04. The molecule has 0 bridgehead atoms. The zero-order chi connectivity index (χ0) is 24.7. The number of pyridine rings is 1. The van der Waals surface area contributed by atoms with Crippen molar-refractivity contribution in [2.45, 2.75) is 25.6 Å². The number of carbonyl (C=O) groups is 1. The summed E-state index contributed by atoms with van der Waals surface area (Å²) in [5, 5.41) is 28.4. The lowest BCUT2D eigenvalue weighted by atomic mass is 9.95. The van der Waals surface area contributed by atoms with Gasteiger partial charge in [-0.2, -0.15) is 23.5 Å². The van der Waals surface area contributed by atoms with E-state index in [4.69, 9.17) is 0 Å². The van der Waals surface area contributed by atoms with Gasteiger partial charge in [0.05, 0.1) is 22.9 Å². The van der Waals surface area contributed by atoms with Gasteiger partial charge in [-0.15, -0.1) is 5.10 Å². The number of nitrogens with one attached hydrogen (secondary N) is 1. The van der Waals surface area contributed by atoms with Gasteiger partial charge in [0.15, 0.2) is 5.69 Å². The van der Waals surface area contributed by atoms with E-state index in [0.717, 1.165) is 11.8 Å². The van der Waals surface area contributed by atoms with Crippen LogP contribution < -0.4 is 10.2 Å². The molecular formula is C23H19F3N6O2. The highest BCUT2D eigenvalue weighted by Crippen LogP contribution is 2.33. The number of aromatic nitrogens is 3. The average Bonchev–Trinajstić information content (AvgIpc) is 2.77. The van der Waals surface area contributed by atoms with Crippen LogP contribution in [0, 0.1) is 18.3 Å². The number of benzene rings is 1. The number of hydrogen-bond acceptors (Lipinski definition) is 7. The zero-order valence-corrected chi connectivity index (χ0v) is 18.2. The number of amides is 1. The maximum absolute atomic E-state index is 12.9. The summed E-state index contributed by atoms with van der Waals surface area (Å²) in [5.41, 5.74) is 0.478. The van der Waals surface area contributed by atoms with Crippen LogP contribution in [0.2, 0.25) is 0 Å². The summed E-state index contributed by atoms with van der Waals surface area (Å²) in [4.78, 5) is 18.7. The Hall–Kier alpha value is -4.04. The molecule has 1 aliphatic heterocycles. The molecule has 1 aliphatic rings. The van der Waals surface area contributed by atoms with Crippen molar-refractivity contribution >= 4 is 17.4 Å². The molecule has 0 aliphatic carbocycles. The number of aryl methyl sites for hydroxylation is 1. The molecule has 34 heavy (non-hydrogen) atoms. The van der Waals surface area contributed by atoms with Crippen molar-refractivity contribution in [1.29, 1.82) is 5.26 Å². The van der Waals surface area contributed by atoms with E-state index in [1.54, 1.807) is 37.4 Å². The third kappa shape index (κ3) is 4.67. The second kappa shape index (κ2) is 8.39. The molecule has 8 nitrogen and oxygen atoms in total. The molecule has 174 valence electrons. The highest BCUT2D eigenvalue weighted by Gasteiger charge is 2.38. The molecule has 0 atom stereocenters. The number of rotatable bonds is 4. The fraction of sp³-hybridized carbons (Fsp3) is 0.261. The third-order valence-corrected chi connectivity index (χ3v) is 5.36. The number of nitriles is 1. The third-order valence-electron chi connectivity index (χ3n) is 5.36. The van der Waals surface area contributed by atoms with Crippen molar-refractivity contribution in [1.82, 2.24) is 15.2 Å². The number of alkyl halides is 3. The SMILES string of the molecule is Cc1ccc(NC(=O)c2cnnc(C(F)(F)F)c2)cc1-c1cnc(N2CC(C)(O)C2)c(C#N)c1. The van der Waals surface area contributed by atoms with E-state index in [1.807, 2.05) is 11.8 Å². The molecule has 4 rings (SSSR count). The number of halogens is 3. The molecule has 1 aromatic carbocycles. The van der Waals surface area contributed by atoms with E-state index >= 15 is 0 Å². The second-order valence-corrected chi connectivity index (χ2v) is 8.37.